The minimum Gasteiger partial charge on any atom is -0.463 e. The summed E-state index contributed by atoms with van der Waals surface area (Å²) in [5.41, 5.74) is 0. The maximum Gasteiger partial charge on any atom is 0.323 e. The van der Waals surface area contributed by atoms with Gasteiger partial charge in [-0.3, -0.25) is 0 Å². The van der Waals surface area contributed by atoms with Gasteiger partial charge in [0, 0.05) is 20.1 Å². The van der Waals surface area contributed by atoms with Crippen molar-refractivity contribution in [3.05, 3.63) is 12.7 Å². The average molecular weight is 249 g/mol. The normalized spacial score (nSPS) is 14.6. The van der Waals surface area contributed by atoms with Crippen LogP contribution in [0.1, 0.15) is 19.3 Å². The van der Waals surface area contributed by atoms with Crippen LogP contribution in [0.25, 0.3) is 0 Å². The van der Waals surface area contributed by atoms with Crippen molar-refractivity contribution in [3.63, 3.8) is 0 Å². The van der Waals surface area contributed by atoms with E-state index in [0.29, 0.717) is 24.5 Å². The highest BCUT2D eigenvalue weighted by molar-refractivity contribution is 5.38. The first-order valence-corrected chi connectivity index (χ1v) is 6.26. The van der Waals surface area contributed by atoms with E-state index < -0.39 is 0 Å². The molecule has 1 aromatic heterocycles. The van der Waals surface area contributed by atoms with Crippen LogP contribution in [0, 0.1) is 0 Å². The maximum absolute atomic E-state index is 5.49. The summed E-state index contributed by atoms with van der Waals surface area (Å²) in [7, 11) is 1.79. The molecule has 0 bridgehead atoms. The SMILES string of the molecule is C=CCCOc1nc(NC)nc(N2CCCC2)n1. The van der Waals surface area contributed by atoms with Gasteiger partial charge in [0.25, 0.3) is 0 Å². The first-order valence-electron chi connectivity index (χ1n) is 6.26. The summed E-state index contributed by atoms with van der Waals surface area (Å²) in [5.74, 6) is 1.24. The molecule has 1 N–H and O–H groups in total. The van der Waals surface area contributed by atoms with Crippen LogP contribution in [0.2, 0.25) is 0 Å². The molecule has 0 aliphatic carbocycles. The van der Waals surface area contributed by atoms with Crippen LogP contribution in [0.5, 0.6) is 6.01 Å². The summed E-state index contributed by atoms with van der Waals surface area (Å²) in [5, 5.41) is 2.93. The molecule has 0 atom stereocenters. The van der Waals surface area contributed by atoms with Crippen molar-refractivity contribution in [1.29, 1.82) is 0 Å². The fourth-order valence-electron chi connectivity index (χ4n) is 1.81. The average Bonchev–Trinajstić information content (AvgIpc) is 2.92. The molecule has 0 radical (unpaired) electrons. The second-order valence-electron chi connectivity index (χ2n) is 4.11. The second kappa shape index (κ2) is 6.18. The van der Waals surface area contributed by atoms with Crippen molar-refractivity contribution >= 4 is 11.9 Å². The monoisotopic (exact) mass is 249 g/mol. The fraction of sp³-hybridized carbons (Fsp3) is 0.583. The largest absolute Gasteiger partial charge is 0.463 e. The quantitative estimate of drug-likeness (QED) is 0.608. The van der Waals surface area contributed by atoms with Crippen LogP contribution in [-0.2, 0) is 0 Å². The standard InChI is InChI=1S/C12H19N5O/c1-3-4-9-18-12-15-10(13-2)14-11(16-12)17-7-5-6-8-17/h3H,1,4-9H2,2H3,(H,13,14,15,16). The van der Waals surface area contributed by atoms with Crippen molar-refractivity contribution in [3.8, 4) is 6.01 Å². The predicted octanol–water partition coefficient (Wildman–Crippen LogP) is 1.47. The summed E-state index contributed by atoms with van der Waals surface area (Å²) in [6, 6.07) is 0.373. The summed E-state index contributed by atoms with van der Waals surface area (Å²) in [4.78, 5) is 15.0. The van der Waals surface area contributed by atoms with Gasteiger partial charge in [0.05, 0.1) is 6.61 Å². The molecule has 0 amide bonds. The van der Waals surface area contributed by atoms with E-state index in [9.17, 15) is 0 Å². The number of anilines is 2. The minimum absolute atomic E-state index is 0.373. The molecule has 0 aromatic carbocycles. The van der Waals surface area contributed by atoms with E-state index in [-0.39, 0.29) is 0 Å². The van der Waals surface area contributed by atoms with Gasteiger partial charge in [-0.05, 0) is 19.3 Å². The molecule has 98 valence electrons. The molecule has 1 fully saturated rings. The van der Waals surface area contributed by atoms with E-state index in [1.807, 2.05) is 6.08 Å². The van der Waals surface area contributed by atoms with Gasteiger partial charge in [-0.15, -0.1) is 6.58 Å². The number of rotatable bonds is 6. The Kier molecular flexibility index (Phi) is 4.33. The minimum atomic E-state index is 0.373. The molecule has 0 spiro atoms. The first kappa shape index (κ1) is 12.6. The van der Waals surface area contributed by atoms with E-state index in [0.717, 1.165) is 19.5 Å². The highest BCUT2D eigenvalue weighted by atomic mass is 16.5. The van der Waals surface area contributed by atoms with Gasteiger partial charge >= 0.3 is 6.01 Å². The topological polar surface area (TPSA) is 63.2 Å². The van der Waals surface area contributed by atoms with Gasteiger partial charge in [-0.2, -0.15) is 15.0 Å². The zero-order valence-corrected chi connectivity index (χ0v) is 10.7. The van der Waals surface area contributed by atoms with Crippen LogP contribution >= 0.6 is 0 Å². The van der Waals surface area contributed by atoms with Gasteiger partial charge in [-0.25, -0.2) is 0 Å². The van der Waals surface area contributed by atoms with Crippen molar-refractivity contribution in [2.75, 3.05) is 37.0 Å². The Morgan fingerprint density at radius 1 is 1.33 bits per heavy atom. The molecule has 2 heterocycles. The van der Waals surface area contributed by atoms with Gasteiger partial charge < -0.3 is 15.0 Å². The van der Waals surface area contributed by atoms with Crippen LogP contribution in [-0.4, -0.2) is 41.7 Å². The Labute approximate surface area is 107 Å². The highest BCUT2D eigenvalue weighted by Crippen LogP contribution is 2.19. The molecule has 0 saturated carbocycles. The lowest BCUT2D eigenvalue weighted by Crippen LogP contribution is -2.21. The summed E-state index contributed by atoms with van der Waals surface area (Å²) in [6.45, 7) is 6.19. The van der Waals surface area contributed by atoms with E-state index in [2.05, 4.69) is 31.7 Å². The molecule has 1 aliphatic rings. The molecule has 1 saturated heterocycles. The Morgan fingerprint density at radius 2 is 2.11 bits per heavy atom. The first-order chi connectivity index (χ1) is 8.83. The lowest BCUT2D eigenvalue weighted by atomic mass is 10.4. The summed E-state index contributed by atoms with van der Waals surface area (Å²) >= 11 is 0. The predicted molar refractivity (Wildman–Crippen MR) is 71.1 cm³/mol. The summed E-state index contributed by atoms with van der Waals surface area (Å²) < 4.78 is 5.49. The third-order valence-corrected chi connectivity index (χ3v) is 2.77. The van der Waals surface area contributed by atoms with Crippen molar-refractivity contribution in [2.45, 2.75) is 19.3 Å². The zero-order chi connectivity index (χ0) is 12.8. The van der Waals surface area contributed by atoms with Gasteiger partial charge in [0.1, 0.15) is 0 Å². The zero-order valence-electron chi connectivity index (χ0n) is 10.7. The number of aromatic nitrogens is 3. The van der Waals surface area contributed by atoms with E-state index in [4.69, 9.17) is 4.74 Å². The number of hydrogen-bond donors (Lipinski definition) is 1. The number of hydrogen-bond acceptors (Lipinski definition) is 6. The Morgan fingerprint density at radius 3 is 2.78 bits per heavy atom. The number of nitrogens with zero attached hydrogens (tertiary/aromatic N) is 4. The molecule has 1 aromatic rings. The maximum atomic E-state index is 5.49. The Hall–Kier alpha value is -1.85. The van der Waals surface area contributed by atoms with Gasteiger partial charge in [0.15, 0.2) is 0 Å². The Balaban J connectivity index is 2.12. The third-order valence-electron chi connectivity index (χ3n) is 2.77. The Bertz CT molecular complexity index is 403. The van der Waals surface area contributed by atoms with Crippen molar-refractivity contribution < 1.29 is 4.74 Å². The van der Waals surface area contributed by atoms with E-state index in [1.54, 1.807) is 7.05 Å². The van der Waals surface area contributed by atoms with Gasteiger partial charge in [-0.1, -0.05) is 6.08 Å². The van der Waals surface area contributed by atoms with Crippen molar-refractivity contribution in [1.82, 2.24) is 15.0 Å². The lowest BCUT2D eigenvalue weighted by Gasteiger charge is -2.16. The summed E-state index contributed by atoms with van der Waals surface area (Å²) in [6.07, 6.45) is 4.96. The number of ether oxygens (including phenoxy) is 1. The van der Waals surface area contributed by atoms with Crippen LogP contribution in [0.4, 0.5) is 11.9 Å². The van der Waals surface area contributed by atoms with Crippen LogP contribution in [0.15, 0.2) is 12.7 Å². The molecule has 2 rings (SSSR count). The second-order valence-corrected chi connectivity index (χ2v) is 4.11. The van der Waals surface area contributed by atoms with Crippen LogP contribution in [0.3, 0.4) is 0 Å². The lowest BCUT2D eigenvalue weighted by molar-refractivity contribution is 0.298. The molecule has 1 aliphatic heterocycles. The van der Waals surface area contributed by atoms with E-state index in [1.165, 1.54) is 12.8 Å². The highest BCUT2D eigenvalue weighted by Gasteiger charge is 2.17. The fourth-order valence-corrected chi connectivity index (χ4v) is 1.81. The third kappa shape index (κ3) is 3.09. The molecular weight excluding hydrogens is 230 g/mol. The molecule has 0 unspecified atom stereocenters. The van der Waals surface area contributed by atoms with Crippen LogP contribution < -0.4 is 15.0 Å². The molecule has 6 heteroatoms. The van der Waals surface area contributed by atoms with Crippen molar-refractivity contribution in [2.24, 2.45) is 0 Å². The van der Waals surface area contributed by atoms with Gasteiger partial charge in [0.2, 0.25) is 11.9 Å². The van der Waals surface area contributed by atoms with E-state index >= 15 is 0 Å². The smallest absolute Gasteiger partial charge is 0.323 e. The molecular formula is C12H19N5O. The molecule has 18 heavy (non-hydrogen) atoms. The number of nitrogens with one attached hydrogen (secondary N) is 1. The molecule has 6 nitrogen and oxygen atoms in total.